The summed E-state index contributed by atoms with van der Waals surface area (Å²) in [5.41, 5.74) is 0. The Balaban J connectivity index is 3.37. The molecule has 1 amide bonds. The molecule has 3 heteroatoms. The van der Waals surface area contributed by atoms with E-state index in [4.69, 9.17) is 11.6 Å². The highest BCUT2D eigenvalue weighted by molar-refractivity contribution is 6.62. The Morgan fingerprint density at radius 1 is 1.89 bits per heavy atom. The molecule has 0 fully saturated rings. The fourth-order valence-electron chi connectivity index (χ4n) is 0.373. The van der Waals surface area contributed by atoms with Crippen molar-refractivity contribution in [3.63, 3.8) is 0 Å². The summed E-state index contributed by atoms with van der Waals surface area (Å²) in [6.07, 6.45) is 2.53. The molecule has 0 rings (SSSR count). The number of nitrogens with zero attached hydrogens (tertiary/aromatic N) is 1. The molecule has 0 aromatic carbocycles. The molecule has 0 aliphatic heterocycles. The van der Waals surface area contributed by atoms with E-state index >= 15 is 0 Å². The van der Waals surface area contributed by atoms with Gasteiger partial charge in [0.1, 0.15) is 0 Å². The summed E-state index contributed by atoms with van der Waals surface area (Å²) in [6.45, 7) is 4.16. The van der Waals surface area contributed by atoms with Crippen molar-refractivity contribution in [1.29, 1.82) is 0 Å². The molecule has 0 saturated heterocycles. The van der Waals surface area contributed by atoms with Gasteiger partial charge in [-0.15, -0.1) is 6.58 Å². The Bertz CT molecular complexity index is 114. The number of carbonyl (C=O) groups excluding carboxylic acids is 1. The fraction of sp³-hybridized carbons (Fsp3) is 0.500. The summed E-state index contributed by atoms with van der Waals surface area (Å²) in [5.74, 6) is 0. The van der Waals surface area contributed by atoms with Crippen LogP contribution in [0.3, 0.4) is 0 Å². The normalized spacial score (nSPS) is 8.67. The third-order valence-electron chi connectivity index (χ3n) is 0.969. The molecular weight excluding hydrogens is 138 g/mol. The minimum absolute atomic E-state index is 0.420. The molecule has 0 radical (unpaired) electrons. The number of carbonyl (C=O) groups is 1. The first kappa shape index (κ1) is 8.50. The van der Waals surface area contributed by atoms with Crippen LogP contribution in [0.15, 0.2) is 12.7 Å². The minimum atomic E-state index is -0.420. The summed E-state index contributed by atoms with van der Waals surface area (Å²) in [4.78, 5) is 11.7. The monoisotopic (exact) mass is 147 g/mol. The van der Waals surface area contributed by atoms with Gasteiger partial charge in [-0.1, -0.05) is 6.08 Å². The fourth-order valence-corrected chi connectivity index (χ4v) is 0.457. The topological polar surface area (TPSA) is 20.3 Å². The van der Waals surface area contributed by atoms with Crippen molar-refractivity contribution in [3.8, 4) is 0 Å². The highest BCUT2D eigenvalue weighted by Crippen LogP contribution is 1.93. The van der Waals surface area contributed by atoms with E-state index in [9.17, 15) is 4.79 Å². The first-order valence-corrected chi connectivity index (χ1v) is 3.07. The van der Waals surface area contributed by atoms with Crippen molar-refractivity contribution in [1.82, 2.24) is 4.90 Å². The highest BCUT2D eigenvalue weighted by atomic mass is 35.5. The number of halogens is 1. The molecular formula is C6H10ClNO. The molecule has 0 aliphatic rings. The van der Waals surface area contributed by atoms with Gasteiger partial charge < -0.3 is 4.90 Å². The molecule has 0 aromatic heterocycles. The van der Waals surface area contributed by atoms with Gasteiger partial charge in [-0.25, -0.2) is 0 Å². The molecule has 0 atom stereocenters. The van der Waals surface area contributed by atoms with Crippen LogP contribution in [0.5, 0.6) is 0 Å². The van der Waals surface area contributed by atoms with Crippen LogP contribution in [0, 0.1) is 0 Å². The van der Waals surface area contributed by atoms with Crippen LogP contribution >= 0.6 is 11.6 Å². The number of amides is 1. The van der Waals surface area contributed by atoms with E-state index in [0.29, 0.717) is 6.54 Å². The van der Waals surface area contributed by atoms with Crippen LogP contribution < -0.4 is 0 Å². The molecule has 0 aromatic rings. The van der Waals surface area contributed by atoms with Gasteiger partial charge >= 0.3 is 5.37 Å². The van der Waals surface area contributed by atoms with Crippen molar-refractivity contribution in [2.24, 2.45) is 0 Å². The summed E-state index contributed by atoms with van der Waals surface area (Å²) in [5, 5.41) is -0.420. The van der Waals surface area contributed by atoms with E-state index < -0.39 is 5.37 Å². The van der Waals surface area contributed by atoms with Crippen LogP contribution in [0.4, 0.5) is 4.79 Å². The quantitative estimate of drug-likeness (QED) is 0.339. The van der Waals surface area contributed by atoms with Gasteiger partial charge in [0.25, 0.3) is 0 Å². The first-order valence-electron chi connectivity index (χ1n) is 2.70. The SMILES string of the molecule is C=CCCN(C)C(=O)Cl. The minimum Gasteiger partial charge on any atom is -0.332 e. The summed E-state index contributed by atoms with van der Waals surface area (Å²) in [7, 11) is 1.65. The van der Waals surface area contributed by atoms with Crippen LogP contribution in [0.1, 0.15) is 6.42 Å². The molecule has 0 unspecified atom stereocenters. The Morgan fingerprint density at radius 3 is 2.78 bits per heavy atom. The maximum absolute atomic E-state index is 10.3. The van der Waals surface area contributed by atoms with Gasteiger partial charge in [0.2, 0.25) is 0 Å². The predicted octanol–water partition coefficient (Wildman–Crippen LogP) is 1.85. The average Bonchev–Trinajstić information content (AvgIpc) is 1.82. The Labute approximate surface area is 60.1 Å². The van der Waals surface area contributed by atoms with Gasteiger partial charge in [0, 0.05) is 13.6 Å². The first-order chi connectivity index (χ1) is 4.18. The molecule has 9 heavy (non-hydrogen) atoms. The lowest BCUT2D eigenvalue weighted by Crippen LogP contribution is -2.21. The molecule has 0 aliphatic carbocycles. The lowest BCUT2D eigenvalue weighted by atomic mass is 10.4. The average molecular weight is 148 g/mol. The van der Waals surface area contributed by atoms with Gasteiger partial charge in [-0.05, 0) is 18.0 Å². The van der Waals surface area contributed by atoms with Gasteiger partial charge in [-0.3, -0.25) is 4.79 Å². The molecule has 0 N–H and O–H groups in total. The third-order valence-corrected chi connectivity index (χ3v) is 1.26. The zero-order chi connectivity index (χ0) is 7.28. The number of rotatable bonds is 3. The number of hydrogen-bond acceptors (Lipinski definition) is 1. The Hall–Kier alpha value is -0.500. The molecule has 0 heterocycles. The second-order valence-electron chi connectivity index (χ2n) is 1.75. The van der Waals surface area contributed by atoms with Crippen molar-refractivity contribution in [2.45, 2.75) is 6.42 Å². The maximum atomic E-state index is 10.3. The molecule has 52 valence electrons. The van der Waals surface area contributed by atoms with Gasteiger partial charge in [-0.2, -0.15) is 0 Å². The van der Waals surface area contributed by atoms with E-state index in [0.717, 1.165) is 6.42 Å². The second kappa shape index (κ2) is 4.39. The largest absolute Gasteiger partial charge is 0.332 e. The smallest absolute Gasteiger partial charge is 0.316 e. The van der Waals surface area contributed by atoms with E-state index in [1.807, 2.05) is 0 Å². The van der Waals surface area contributed by atoms with E-state index in [1.165, 1.54) is 4.90 Å². The van der Waals surface area contributed by atoms with Crippen LogP contribution in [0.2, 0.25) is 0 Å². The van der Waals surface area contributed by atoms with Gasteiger partial charge in [0.15, 0.2) is 0 Å². The van der Waals surface area contributed by atoms with Crippen LogP contribution in [-0.4, -0.2) is 23.9 Å². The van der Waals surface area contributed by atoms with Crippen molar-refractivity contribution in [3.05, 3.63) is 12.7 Å². The maximum Gasteiger partial charge on any atom is 0.316 e. The summed E-state index contributed by atoms with van der Waals surface area (Å²) in [6, 6.07) is 0. The predicted molar refractivity (Wildman–Crippen MR) is 38.7 cm³/mol. The Kier molecular flexibility index (Phi) is 4.14. The van der Waals surface area contributed by atoms with Crippen LogP contribution in [-0.2, 0) is 0 Å². The van der Waals surface area contributed by atoms with Crippen molar-refractivity contribution >= 4 is 17.0 Å². The summed E-state index contributed by atoms with van der Waals surface area (Å²) >= 11 is 5.12. The highest BCUT2D eigenvalue weighted by Gasteiger charge is 2.00. The number of hydrogen-bond donors (Lipinski definition) is 0. The van der Waals surface area contributed by atoms with E-state index in [2.05, 4.69) is 6.58 Å². The summed E-state index contributed by atoms with van der Waals surface area (Å²) < 4.78 is 0. The molecule has 0 bridgehead atoms. The second-order valence-corrected chi connectivity index (χ2v) is 2.08. The lowest BCUT2D eigenvalue weighted by molar-refractivity contribution is 0.233. The molecule has 2 nitrogen and oxygen atoms in total. The standard InChI is InChI=1S/C6H10ClNO/c1-3-4-5-8(2)6(7)9/h3H,1,4-5H2,2H3. The van der Waals surface area contributed by atoms with Gasteiger partial charge in [0.05, 0.1) is 0 Å². The lowest BCUT2D eigenvalue weighted by Gasteiger charge is -2.09. The molecule has 0 spiro atoms. The molecule has 0 saturated carbocycles. The third kappa shape index (κ3) is 4.03. The Morgan fingerprint density at radius 2 is 2.44 bits per heavy atom. The van der Waals surface area contributed by atoms with E-state index in [-0.39, 0.29) is 0 Å². The zero-order valence-corrected chi connectivity index (χ0v) is 6.19. The van der Waals surface area contributed by atoms with E-state index in [1.54, 1.807) is 13.1 Å². The van der Waals surface area contributed by atoms with Crippen LogP contribution in [0.25, 0.3) is 0 Å². The van der Waals surface area contributed by atoms with Crippen molar-refractivity contribution < 1.29 is 4.79 Å². The van der Waals surface area contributed by atoms with Crippen molar-refractivity contribution in [2.75, 3.05) is 13.6 Å². The zero-order valence-electron chi connectivity index (χ0n) is 5.43.